The van der Waals surface area contributed by atoms with Gasteiger partial charge in [0.05, 0.1) is 12.0 Å². The van der Waals surface area contributed by atoms with E-state index < -0.39 is 12.0 Å². The van der Waals surface area contributed by atoms with Crippen molar-refractivity contribution in [2.45, 2.75) is 26.3 Å². The van der Waals surface area contributed by atoms with Gasteiger partial charge in [0.25, 0.3) is 0 Å². The molecule has 19 heavy (non-hydrogen) atoms. The molecule has 0 aliphatic rings. The van der Waals surface area contributed by atoms with E-state index in [-0.39, 0.29) is 12.3 Å². The first-order valence-electron chi connectivity index (χ1n) is 6.02. The summed E-state index contributed by atoms with van der Waals surface area (Å²) in [5, 5.41) is 14.4. The highest BCUT2D eigenvalue weighted by atomic mass is 16.4. The van der Waals surface area contributed by atoms with Crippen molar-refractivity contribution < 1.29 is 14.7 Å². The minimum absolute atomic E-state index is 0.200. The van der Waals surface area contributed by atoms with Crippen molar-refractivity contribution >= 4 is 22.8 Å². The van der Waals surface area contributed by atoms with E-state index >= 15 is 0 Å². The van der Waals surface area contributed by atoms with E-state index in [0.717, 1.165) is 22.0 Å². The Kier molecular flexibility index (Phi) is 3.55. The average molecular weight is 259 g/mol. The number of fused-ring (bicyclic) bond motifs is 1. The Balaban J connectivity index is 2.31. The van der Waals surface area contributed by atoms with Gasteiger partial charge >= 0.3 is 0 Å². The number of benzene rings is 1. The van der Waals surface area contributed by atoms with Crippen molar-refractivity contribution in [3.8, 4) is 0 Å². The zero-order chi connectivity index (χ0) is 14.0. The second kappa shape index (κ2) is 5.14. The first-order valence-corrected chi connectivity index (χ1v) is 6.02. The summed E-state index contributed by atoms with van der Waals surface area (Å²) in [6, 6.07) is 4.89. The van der Waals surface area contributed by atoms with Gasteiger partial charge in [0, 0.05) is 30.4 Å². The number of carboxylic acids is 1. The molecule has 0 aliphatic carbocycles. The van der Waals surface area contributed by atoms with Gasteiger partial charge in [0.2, 0.25) is 5.91 Å². The van der Waals surface area contributed by atoms with Gasteiger partial charge in [-0.15, -0.1) is 0 Å². The molecule has 0 radical (unpaired) electrons. The van der Waals surface area contributed by atoms with Crippen molar-refractivity contribution in [3.63, 3.8) is 0 Å². The Morgan fingerprint density at radius 3 is 2.79 bits per heavy atom. The molecule has 2 aromatic rings. The van der Waals surface area contributed by atoms with Gasteiger partial charge in [-0.25, -0.2) is 0 Å². The number of amides is 1. The van der Waals surface area contributed by atoms with Crippen molar-refractivity contribution in [1.29, 1.82) is 0 Å². The molecule has 5 heteroatoms. The van der Waals surface area contributed by atoms with Crippen LogP contribution in [0.1, 0.15) is 18.1 Å². The number of rotatable bonds is 4. The van der Waals surface area contributed by atoms with Gasteiger partial charge in [-0.2, -0.15) is 0 Å². The lowest BCUT2D eigenvalue weighted by Crippen LogP contribution is -2.48. The topological polar surface area (TPSA) is 85.0 Å². The molecule has 0 aliphatic heterocycles. The Hall–Kier alpha value is -2.30. The minimum Gasteiger partial charge on any atom is -0.548 e. The Labute approximate surface area is 110 Å². The third-order valence-corrected chi connectivity index (χ3v) is 3.01. The molecule has 1 amide bonds. The van der Waals surface area contributed by atoms with Gasteiger partial charge in [0.15, 0.2) is 0 Å². The molecular formula is C14H15N2O3-. The van der Waals surface area contributed by atoms with Crippen molar-refractivity contribution in [2.75, 3.05) is 0 Å². The van der Waals surface area contributed by atoms with Crippen LogP contribution in [0.3, 0.4) is 0 Å². The van der Waals surface area contributed by atoms with E-state index in [0.29, 0.717) is 0 Å². The number of aliphatic carboxylic acids is 1. The number of nitrogens with one attached hydrogen (secondary N) is 2. The van der Waals surface area contributed by atoms with E-state index in [1.165, 1.54) is 6.92 Å². The number of hydrogen-bond acceptors (Lipinski definition) is 3. The van der Waals surface area contributed by atoms with Crippen LogP contribution in [0, 0.1) is 6.92 Å². The number of H-pyrrole nitrogens is 1. The summed E-state index contributed by atoms with van der Waals surface area (Å²) < 4.78 is 0. The maximum atomic E-state index is 11.0. The van der Waals surface area contributed by atoms with Gasteiger partial charge < -0.3 is 20.2 Å². The summed E-state index contributed by atoms with van der Waals surface area (Å²) in [6.45, 7) is 3.26. The van der Waals surface area contributed by atoms with Crippen molar-refractivity contribution in [2.24, 2.45) is 0 Å². The fraction of sp³-hybridized carbons (Fsp3) is 0.286. The van der Waals surface area contributed by atoms with Crippen LogP contribution >= 0.6 is 0 Å². The Bertz CT molecular complexity index is 631. The minimum atomic E-state index is -1.28. The second-order valence-electron chi connectivity index (χ2n) is 4.64. The van der Waals surface area contributed by atoms with E-state index in [9.17, 15) is 14.7 Å². The fourth-order valence-corrected chi connectivity index (χ4v) is 2.12. The van der Waals surface area contributed by atoms with Crippen molar-refractivity contribution in [3.05, 3.63) is 35.5 Å². The van der Waals surface area contributed by atoms with Gasteiger partial charge in [-0.1, -0.05) is 11.6 Å². The molecule has 100 valence electrons. The molecule has 0 saturated heterocycles. The Morgan fingerprint density at radius 2 is 2.16 bits per heavy atom. The summed E-state index contributed by atoms with van der Waals surface area (Å²) >= 11 is 0. The van der Waals surface area contributed by atoms with Crippen LogP contribution in [0.25, 0.3) is 10.9 Å². The van der Waals surface area contributed by atoms with Gasteiger partial charge in [0.1, 0.15) is 0 Å². The van der Waals surface area contributed by atoms with Crippen LogP contribution in [0.15, 0.2) is 24.4 Å². The SMILES string of the molecule is CC(=O)N[C@H](Cc1c[nH]c2ccc(C)cc12)C(=O)[O-]. The number of carbonyl (C=O) groups excluding carboxylic acids is 2. The molecule has 0 unspecified atom stereocenters. The molecular weight excluding hydrogens is 244 g/mol. The number of aryl methyl sites for hydroxylation is 1. The maximum Gasteiger partial charge on any atom is 0.217 e. The molecule has 0 saturated carbocycles. The quantitative estimate of drug-likeness (QED) is 0.826. The number of aromatic amines is 1. The molecule has 1 aromatic carbocycles. The molecule has 2 N–H and O–H groups in total. The third kappa shape index (κ3) is 2.93. The Morgan fingerprint density at radius 1 is 1.42 bits per heavy atom. The van der Waals surface area contributed by atoms with Gasteiger partial charge in [-0.3, -0.25) is 4.79 Å². The molecule has 1 heterocycles. The fourth-order valence-electron chi connectivity index (χ4n) is 2.12. The molecule has 2 rings (SSSR count). The van der Waals surface area contributed by atoms with E-state index in [4.69, 9.17) is 0 Å². The normalized spacial score (nSPS) is 12.3. The van der Waals surface area contributed by atoms with Gasteiger partial charge in [-0.05, 0) is 24.6 Å². The average Bonchev–Trinajstić information content (AvgIpc) is 2.70. The smallest absolute Gasteiger partial charge is 0.217 e. The van der Waals surface area contributed by atoms with E-state index in [1.54, 1.807) is 6.20 Å². The number of carbonyl (C=O) groups is 2. The lowest BCUT2D eigenvalue weighted by molar-refractivity contribution is -0.308. The third-order valence-electron chi connectivity index (χ3n) is 3.01. The van der Waals surface area contributed by atoms with Crippen molar-refractivity contribution in [1.82, 2.24) is 10.3 Å². The number of carboxylic acid groups (broad SMARTS) is 1. The molecule has 1 atom stereocenters. The summed E-state index contributed by atoms with van der Waals surface area (Å²) in [6.07, 6.45) is 1.97. The van der Waals surface area contributed by atoms with Crippen LogP contribution in [-0.2, 0) is 16.0 Å². The van der Waals surface area contributed by atoms with E-state index in [2.05, 4.69) is 10.3 Å². The summed E-state index contributed by atoms with van der Waals surface area (Å²) in [4.78, 5) is 25.1. The van der Waals surface area contributed by atoms with Crippen LogP contribution in [0.2, 0.25) is 0 Å². The monoisotopic (exact) mass is 259 g/mol. The molecule has 0 bridgehead atoms. The first kappa shape index (κ1) is 13.1. The predicted octanol–water partition coefficient (Wildman–Crippen LogP) is 0.273. The highest BCUT2D eigenvalue weighted by molar-refractivity contribution is 5.86. The number of hydrogen-bond donors (Lipinski definition) is 2. The maximum absolute atomic E-state index is 11.0. The van der Waals surface area contributed by atoms with Crippen LogP contribution in [0.5, 0.6) is 0 Å². The van der Waals surface area contributed by atoms with Crippen LogP contribution < -0.4 is 10.4 Å². The van der Waals surface area contributed by atoms with Crippen LogP contribution in [-0.4, -0.2) is 22.9 Å². The molecule has 1 aromatic heterocycles. The lowest BCUT2D eigenvalue weighted by Gasteiger charge is -2.18. The molecule has 5 nitrogen and oxygen atoms in total. The first-order chi connectivity index (χ1) is 8.97. The molecule has 0 spiro atoms. The summed E-state index contributed by atoms with van der Waals surface area (Å²) in [5.74, 6) is -1.66. The molecule has 0 fully saturated rings. The van der Waals surface area contributed by atoms with E-state index in [1.807, 2.05) is 25.1 Å². The highest BCUT2D eigenvalue weighted by Gasteiger charge is 2.14. The predicted molar refractivity (Wildman–Crippen MR) is 69.4 cm³/mol. The standard InChI is InChI=1S/C14H16N2O3/c1-8-3-4-12-11(5-8)10(7-15-12)6-13(14(18)19)16-9(2)17/h3-5,7,13,15H,6H2,1-2H3,(H,16,17)(H,18,19)/p-1/t13-/m1/s1. The summed E-state index contributed by atoms with van der Waals surface area (Å²) in [7, 11) is 0. The lowest BCUT2D eigenvalue weighted by atomic mass is 10.0. The zero-order valence-corrected chi connectivity index (χ0v) is 10.8. The highest BCUT2D eigenvalue weighted by Crippen LogP contribution is 2.20. The largest absolute Gasteiger partial charge is 0.548 e. The summed E-state index contributed by atoms with van der Waals surface area (Å²) in [5.41, 5.74) is 2.89. The van der Waals surface area contributed by atoms with Crippen LogP contribution in [0.4, 0.5) is 0 Å². The second-order valence-corrected chi connectivity index (χ2v) is 4.64. The number of aromatic nitrogens is 1. The zero-order valence-electron chi connectivity index (χ0n) is 10.8.